The highest BCUT2D eigenvalue weighted by Gasteiger charge is 2.17. The number of hydrogen-bond acceptors (Lipinski definition) is 6. The van der Waals surface area contributed by atoms with Crippen LogP contribution in [-0.4, -0.2) is 38.3 Å². The highest BCUT2D eigenvalue weighted by Crippen LogP contribution is 2.38. The van der Waals surface area contributed by atoms with Crippen LogP contribution in [0.25, 0.3) is 0 Å². The first-order valence-electron chi connectivity index (χ1n) is 6.90. The maximum absolute atomic E-state index is 12.3. The van der Waals surface area contributed by atoms with Gasteiger partial charge in [0, 0.05) is 5.56 Å². The van der Waals surface area contributed by atoms with Gasteiger partial charge in [-0.1, -0.05) is 0 Å². The number of carboxylic acid groups (broad SMARTS) is 1. The third kappa shape index (κ3) is 3.60. The molecular weight excluding hydrogens is 318 g/mol. The molecule has 0 radical (unpaired) electrons. The van der Waals surface area contributed by atoms with E-state index < -0.39 is 11.9 Å². The lowest BCUT2D eigenvalue weighted by atomic mass is 10.1. The number of carbonyl (C=O) groups excluding carboxylic acids is 1. The number of benzene rings is 1. The summed E-state index contributed by atoms with van der Waals surface area (Å²) in [6, 6.07) is 5.84. The highest BCUT2D eigenvalue weighted by molar-refractivity contribution is 5.95. The monoisotopic (exact) mass is 335 g/mol. The summed E-state index contributed by atoms with van der Waals surface area (Å²) in [5.74, 6) is -0.338. The molecule has 0 aliphatic heterocycles. The normalized spacial score (nSPS) is 10.1. The molecule has 24 heavy (non-hydrogen) atoms. The number of hydrogen-bond donors (Lipinski definition) is 2. The molecule has 0 bridgehead atoms. The van der Waals surface area contributed by atoms with Crippen molar-refractivity contribution in [3.8, 4) is 17.2 Å². The molecule has 2 N–H and O–H groups in total. The Morgan fingerprint density at radius 3 is 2.17 bits per heavy atom. The average molecular weight is 335 g/mol. The summed E-state index contributed by atoms with van der Waals surface area (Å²) in [6.45, 7) is 0.0444. The Morgan fingerprint density at radius 2 is 1.71 bits per heavy atom. The summed E-state index contributed by atoms with van der Waals surface area (Å²) >= 11 is 0. The molecule has 0 spiro atoms. The van der Waals surface area contributed by atoms with Gasteiger partial charge in [-0.2, -0.15) is 0 Å². The van der Waals surface area contributed by atoms with Crippen LogP contribution in [0, 0.1) is 0 Å². The van der Waals surface area contributed by atoms with E-state index >= 15 is 0 Å². The molecule has 128 valence electrons. The lowest BCUT2D eigenvalue weighted by Gasteiger charge is -2.13. The number of rotatable bonds is 7. The van der Waals surface area contributed by atoms with Crippen LogP contribution in [0.2, 0.25) is 0 Å². The summed E-state index contributed by atoms with van der Waals surface area (Å²) in [4.78, 5) is 23.0. The molecule has 1 aromatic carbocycles. The van der Waals surface area contributed by atoms with Gasteiger partial charge in [-0.05, 0) is 24.3 Å². The Labute approximate surface area is 137 Å². The molecular formula is C16H17NO7. The van der Waals surface area contributed by atoms with Crippen molar-refractivity contribution >= 4 is 11.9 Å². The van der Waals surface area contributed by atoms with Gasteiger partial charge in [0.25, 0.3) is 5.91 Å². The Balaban J connectivity index is 2.15. The summed E-state index contributed by atoms with van der Waals surface area (Å²) in [6.07, 6.45) is 0. The van der Waals surface area contributed by atoms with Gasteiger partial charge >= 0.3 is 5.97 Å². The van der Waals surface area contributed by atoms with Crippen molar-refractivity contribution in [2.45, 2.75) is 6.54 Å². The van der Waals surface area contributed by atoms with Gasteiger partial charge in [0.2, 0.25) is 11.5 Å². The smallest absolute Gasteiger partial charge is 0.371 e. The van der Waals surface area contributed by atoms with Crippen LogP contribution in [0.15, 0.2) is 28.7 Å². The van der Waals surface area contributed by atoms with Crippen LogP contribution >= 0.6 is 0 Å². The Kier molecular flexibility index (Phi) is 5.31. The van der Waals surface area contributed by atoms with Gasteiger partial charge in [-0.3, -0.25) is 4.79 Å². The molecule has 0 unspecified atom stereocenters. The minimum atomic E-state index is -1.17. The van der Waals surface area contributed by atoms with E-state index in [-0.39, 0.29) is 12.3 Å². The molecule has 0 aliphatic carbocycles. The van der Waals surface area contributed by atoms with Crippen molar-refractivity contribution in [1.29, 1.82) is 0 Å². The molecule has 0 fully saturated rings. The standard InChI is InChI=1S/C16H17NO7/c1-21-12-6-9(7-13(22-2)14(12)23-3)15(18)17-8-10-4-5-11(24-10)16(19)20/h4-7H,8H2,1-3H3,(H,17,18)(H,19,20). The van der Waals surface area contributed by atoms with Gasteiger partial charge in [0.15, 0.2) is 11.5 Å². The minimum absolute atomic E-state index is 0.0444. The second-order valence-electron chi connectivity index (χ2n) is 4.67. The molecule has 8 nitrogen and oxygen atoms in total. The molecule has 1 amide bonds. The van der Waals surface area contributed by atoms with Crippen molar-refractivity contribution in [1.82, 2.24) is 5.32 Å². The first kappa shape index (κ1) is 17.2. The average Bonchev–Trinajstić information content (AvgIpc) is 3.07. The van der Waals surface area contributed by atoms with E-state index in [1.807, 2.05) is 0 Å². The second kappa shape index (κ2) is 7.40. The van der Waals surface area contributed by atoms with E-state index in [0.29, 0.717) is 28.6 Å². The predicted octanol–water partition coefficient (Wildman–Crippen LogP) is 1.93. The van der Waals surface area contributed by atoms with Crippen LogP contribution in [0.5, 0.6) is 17.2 Å². The SMILES string of the molecule is COc1cc(C(=O)NCc2ccc(C(=O)O)o2)cc(OC)c1OC. The molecule has 1 heterocycles. The summed E-state index contributed by atoms with van der Waals surface area (Å²) in [7, 11) is 4.38. The predicted molar refractivity (Wildman–Crippen MR) is 82.9 cm³/mol. The molecule has 0 aliphatic rings. The summed E-state index contributed by atoms with van der Waals surface area (Å²) in [5.41, 5.74) is 0.300. The molecule has 0 saturated heterocycles. The minimum Gasteiger partial charge on any atom is -0.493 e. The lowest BCUT2D eigenvalue weighted by molar-refractivity contribution is 0.0660. The van der Waals surface area contributed by atoms with Gasteiger partial charge < -0.3 is 29.1 Å². The zero-order valence-corrected chi connectivity index (χ0v) is 13.4. The Bertz CT molecular complexity index is 726. The zero-order chi connectivity index (χ0) is 17.7. The van der Waals surface area contributed by atoms with Crippen LogP contribution < -0.4 is 19.5 Å². The zero-order valence-electron chi connectivity index (χ0n) is 13.4. The number of methoxy groups -OCH3 is 3. The number of aromatic carboxylic acids is 1. The van der Waals surface area contributed by atoms with Gasteiger partial charge in [-0.25, -0.2) is 4.79 Å². The number of furan rings is 1. The number of nitrogens with one attached hydrogen (secondary N) is 1. The molecule has 2 aromatic rings. The largest absolute Gasteiger partial charge is 0.493 e. The topological polar surface area (TPSA) is 107 Å². The lowest BCUT2D eigenvalue weighted by Crippen LogP contribution is -2.22. The van der Waals surface area contributed by atoms with Crippen molar-refractivity contribution < 1.29 is 33.3 Å². The van der Waals surface area contributed by atoms with Crippen molar-refractivity contribution in [3.05, 3.63) is 41.3 Å². The van der Waals surface area contributed by atoms with Gasteiger partial charge in [0.1, 0.15) is 5.76 Å². The number of amides is 1. The van der Waals surface area contributed by atoms with E-state index in [9.17, 15) is 9.59 Å². The fourth-order valence-electron chi connectivity index (χ4n) is 2.07. The van der Waals surface area contributed by atoms with Crippen molar-refractivity contribution in [2.24, 2.45) is 0 Å². The maximum atomic E-state index is 12.3. The van der Waals surface area contributed by atoms with E-state index in [1.165, 1.54) is 45.6 Å². The quantitative estimate of drug-likeness (QED) is 0.796. The molecule has 0 saturated carbocycles. The van der Waals surface area contributed by atoms with Crippen LogP contribution in [-0.2, 0) is 6.54 Å². The summed E-state index contributed by atoms with van der Waals surface area (Å²) < 4.78 is 20.7. The highest BCUT2D eigenvalue weighted by atomic mass is 16.5. The fraction of sp³-hybridized carbons (Fsp3) is 0.250. The Hall–Kier alpha value is -3.16. The molecule has 2 rings (SSSR count). The third-order valence-electron chi connectivity index (χ3n) is 3.22. The van der Waals surface area contributed by atoms with Crippen LogP contribution in [0.1, 0.15) is 26.7 Å². The van der Waals surface area contributed by atoms with Crippen molar-refractivity contribution in [2.75, 3.05) is 21.3 Å². The van der Waals surface area contributed by atoms with Gasteiger partial charge in [-0.15, -0.1) is 0 Å². The van der Waals surface area contributed by atoms with E-state index in [4.69, 9.17) is 23.7 Å². The first-order chi connectivity index (χ1) is 11.5. The van der Waals surface area contributed by atoms with E-state index in [1.54, 1.807) is 0 Å². The summed E-state index contributed by atoms with van der Waals surface area (Å²) in [5, 5.41) is 11.4. The Morgan fingerprint density at radius 1 is 1.08 bits per heavy atom. The number of carbonyl (C=O) groups is 2. The van der Waals surface area contributed by atoms with E-state index in [2.05, 4.69) is 5.32 Å². The van der Waals surface area contributed by atoms with Crippen LogP contribution in [0.4, 0.5) is 0 Å². The molecule has 1 aromatic heterocycles. The molecule has 0 atom stereocenters. The number of carboxylic acids is 1. The first-order valence-corrected chi connectivity index (χ1v) is 6.90. The van der Waals surface area contributed by atoms with E-state index in [0.717, 1.165) is 0 Å². The maximum Gasteiger partial charge on any atom is 0.371 e. The van der Waals surface area contributed by atoms with Gasteiger partial charge in [0.05, 0.1) is 27.9 Å². The van der Waals surface area contributed by atoms with Crippen LogP contribution in [0.3, 0.4) is 0 Å². The second-order valence-corrected chi connectivity index (χ2v) is 4.67. The number of ether oxygens (including phenoxy) is 3. The van der Waals surface area contributed by atoms with Crippen molar-refractivity contribution in [3.63, 3.8) is 0 Å². The third-order valence-corrected chi connectivity index (χ3v) is 3.22. The molecule has 8 heteroatoms. The fourth-order valence-corrected chi connectivity index (χ4v) is 2.07.